The Bertz CT molecular complexity index is 1260. The van der Waals surface area contributed by atoms with Crippen molar-refractivity contribution in [1.82, 2.24) is 10.6 Å². The summed E-state index contributed by atoms with van der Waals surface area (Å²) in [7, 11) is 0. The standard InChI is InChI=1S/C14H19NO3.C12H17NO2.C7H13NO3.C2H4O2.CH3.Pd/c1-10(2)13(15-11(3)16)14(17)18-9-12-7-5-4-6-8-12;1-9(2)11(13)12(14)15-8-10-6-4-3-5-7-10;1-4(2)6(7(10)11)8-5(3)9;1-2(3)4;;/h4-8,10,13H,9H2,1-3H3,(H,15,16);3-7,9,11H,8,13H2,1-2H3;4,6H,1-3H3,(H,8,9)(H,10,11);1H3,(H,3,4);1H3;/q;;;;-1;/t13-;11-;6-;;;/m000.../s1. The fraction of sp³-hybridized carbons (Fsp3) is 0.472. The molecule has 0 radical (unpaired) electrons. The normalized spacial score (nSPS) is 11.4. The quantitative estimate of drug-likeness (QED) is 0.116. The van der Waals surface area contributed by atoms with Crippen LogP contribution < -0.4 is 16.4 Å². The van der Waals surface area contributed by atoms with Crippen molar-refractivity contribution in [3.8, 4) is 0 Å². The second-order valence-electron chi connectivity index (χ2n) is 11.7. The van der Waals surface area contributed by atoms with Gasteiger partial charge in [0.2, 0.25) is 11.8 Å². The summed E-state index contributed by atoms with van der Waals surface area (Å²) in [6, 6.07) is 17.1. The van der Waals surface area contributed by atoms with Crippen molar-refractivity contribution in [1.29, 1.82) is 0 Å². The third-order valence-corrected chi connectivity index (χ3v) is 6.01. The number of hydrogen-bond donors (Lipinski definition) is 5. The molecule has 0 saturated carbocycles. The molecule has 2 aromatic carbocycles. The molecule has 3 atom stereocenters. The first-order chi connectivity index (χ1) is 22.3. The van der Waals surface area contributed by atoms with Gasteiger partial charge >= 0.3 is 17.9 Å². The molecule has 0 heterocycles. The number of amides is 2. The van der Waals surface area contributed by atoms with E-state index in [0.29, 0.717) is 6.61 Å². The minimum absolute atomic E-state index is 0. The number of carboxylic acids is 2. The van der Waals surface area contributed by atoms with Gasteiger partial charge in [-0.1, -0.05) is 102 Å². The number of ether oxygens (including phenoxy) is 2. The van der Waals surface area contributed by atoms with Crippen molar-refractivity contribution >= 4 is 35.7 Å². The molecule has 0 aliphatic rings. The van der Waals surface area contributed by atoms with Gasteiger partial charge in [-0.3, -0.25) is 19.2 Å². The minimum Gasteiger partial charge on any atom is -0.481 e. The Balaban J connectivity index is -0.000000302. The van der Waals surface area contributed by atoms with E-state index in [9.17, 15) is 24.0 Å². The number of nitrogens with two attached hydrogens (primary N) is 1. The number of nitrogens with one attached hydrogen (secondary N) is 2. The van der Waals surface area contributed by atoms with Crippen LogP contribution in [-0.2, 0) is 71.9 Å². The second kappa shape index (κ2) is 29.8. The van der Waals surface area contributed by atoms with Crippen LogP contribution in [0.15, 0.2) is 60.7 Å². The van der Waals surface area contributed by atoms with E-state index in [4.69, 9.17) is 30.2 Å². The van der Waals surface area contributed by atoms with Gasteiger partial charge in [-0.15, -0.1) is 0 Å². The Morgan fingerprint density at radius 3 is 1.20 bits per heavy atom. The Morgan fingerprint density at radius 1 is 0.620 bits per heavy atom. The molecular weight excluding hydrogens is 741 g/mol. The van der Waals surface area contributed by atoms with Gasteiger partial charge in [-0.25, -0.2) is 9.59 Å². The SMILES string of the molecule is CC(=O)N[C@H](C(=O)O)C(C)C.CC(=O)N[C@H](C(=O)OCc1ccccc1)C(C)C.CC(=O)O.CC(C)[C@H](N)C(=O)OCc1ccccc1.[CH3-].[Pd]. The van der Waals surface area contributed by atoms with E-state index in [1.807, 2.05) is 88.4 Å². The second-order valence-corrected chi connectivity index (χ2v) is 11.7. The Hall–Kier alpha value is -4.12. The first-order valence-electron chi connectivity index (χ1n) is 15.4. The maximum atomic E-state index is 11.9. The molecule has 50 heavy (non-hydrogen) atoms. The fourth-order valence-corrected chi connectivity index (χ4v) is 3.36. The first-order valence-corrected chi connectivity index (χ1v) is 15.4. The zero-order chi connectivity index (χ0) is 37.4. The molecule has 0 aliphatic heterocycles. The molecule has 0 aromatic heterocycles. The average Bonchev–Trinajstić information content (AvgIpc) is 3.00. The monoisotopic (exact) mass is 796 g/mol. The van der Waals surface area contributed by atoms with Gasteiger partial charge in [0.05, 0.1) is 0 Å². The third kappa shape index (κ3) is 27.8. The predicted molar refractivity (Wildman–Crippen MR) is 188 cm³/mol. The number of rotatable bonds is 12. The summed E-state index contributed by atoms with van der Waals surface area (Å²) >= 11 is 0. The number of esters is 2. The van der Waals surface area contributed by atoms with E-state index in [1.54, 1.807) is 13.8 Å². The number of hydrogen-bond acceptors (Lipinski definition) is 9. The molecule has 0 saturated heterocycles. The van der Waals surface area contributed by atoms with Gasteiger partial charge in [-0.2, -0.15) is 0 Å². The summed E-state index contributed by atoms with van der Waals surface area (Å²) in [5.41, 5.74) is 7.55. The van der Waals surface area contributed by atoms with E-state index >= 15 is 0 Å². The van der Waals surface area contributed by atoms with Crippen molar-refractivity contribution in [3.63, 3.8) is 0 Å². The van der Waals surface area contributed by atoms with Crippen molar-refractivity contribution in [3.05, 3.63) is 79.2 Å². The van der Waals surface area contributed by atoms with Crippen molar-refractivity contribution in [2.75, 3.05) is 0 Å². The van der Waals surface area contributed by atoms with Crippen LogP contribution in [0.5, 0.6) is 0 Å². The van der Waals surface area contributed by atoms with Gasteiger partial charge < -0.3 is 43.5 Å². The molecule has 6 N–H and O–H groups in total. The van der Waals surface area contributed by atoms with E-state index in [2.05, 4.69) is 10.6 Å². The van der Waals surface area contributed by atoms with Crippen LogP contribution in [0.1, 0.15) is 73.4 Å². The van der Waals surface area contributed by atoms with Crippen molar-refractivity contribution in [2.45, 2.75) is 93.7 Å². The van der Waals surface area contributed by atoms with Crippen LogP contribution in [0, 0.1) is 25.2 Å². The molecule has 0 fully saturated rings. The number of carboxylic acid groups (broad SMARTS) is 2. The summed E-state index contributed by atoms with van der Waals surface area (Å²) in [6.45, 7) is 15.3. The van der Waals surface area contributed by atoms with Gasteiger partial charge in [0, 0.05) is 41.2 Å². The van der Waals surface area contributed by atoms with Crippen LogP contribution in [0.2, 0.25) is 0 Å². The average molecular weight is 797 g/mol. The Kier molecular flexibility index (Phi) is 31.4. The van der Waals surface area contributed by atoms with Crippen LogP contribution in [-0.4, -0.2) is 64.0 Å². The topological polar surface area (TPSA) is 211 Å². The van der Waals surface area contributed by atoms with Gasteiger partial charge in [0.1, 0.15) is 31.3 Å². The summed E-state index contributed by atoms with van der Waals surface area (Å²) < 4.78 is 10.3. The van der Waals surface area contributed by atoms with Gasteiger partial charge in [-0.05, 0) is 28.9 Å². The molecule has 2 rings (SSSR count). The Labute approximate surface area is 310 Å². The van der Waals surface area contributed by atoms with E-state index in [1.165, 1.54) is 13.8 Å². The summed E-state index contributed by atoms with van der Waals surface area (Å²) in [5, 5.41) is 20.9. The van der Waals surface area contributed by atoms with Crippen LogP contribution in [0.4, 0.5) is 0 Å². The van der Waals surface area contributed by atoms with E-state index < -0.39 is 36.0 Å². The zero-order valence-electron chi connectivity index (χ0n) is 30.7. The summed E-state index contributed by atoms with van der Waals surface area (Å²) in [6.07, 6.45) is 0. The number of carbonyl (C=O) groups excluding carboxylic acids is 4. The first kappa shape index (κ1) is 52.7. The number of carbonyl (C=O) groups is 6. The predicted octanol–water partition coefficient (Wildman–Crippen LogP) is 4.37. The number of aliphatic carboxylic acids is 2. The molecule has 14 heteroatoms. The van der Waals surface area contributed by atoms with Gasteiger partial charge in [0.15, 0.2) is 0 Å². The summed E-state index contributed by atoms with van der Waals surface area (Å²) in [4.78, 5) is 64.2. The molecule has 13 nitrogen and oxygen atoms in total. The van der Waals surface area contributed by atoms with E-state index in [-0.39, 0.29) is 70.0 Å². The molecule has 0 bridgehead atoms. The van der Waals surface area contributed by atoms with Crippen molar-refractivity contribution < 1.29 is 68.9 Å². The maximum Gasteiger partial charge on any atom is 0.329 e. The third-order valence-electron chi connectivity index (χ3n) is 6.01. The Morgan fingerprint density at radius 2 is 0.940 bits per heavy atom. The maximum absolute atomic E-state index is 11.9. The van der Waals surface area contributed by atoms with E-state index in [0.717, 1.165) is 18.1 Å². The molecule has 2 aromatic rings. The number of benzene rings is 2. The molecular formula is C36H56N3O10Pd-. The molecule has 2 amide bonds. The van der Waals surface area contributed by atoms with Crippen LogP contribution >= 0.6 is 0 Å². The van der Waals surface area contributed by atoms with Crippen molar-refractivity contribution in [2.24, 2.45) is 23.5 Å². The molecule has 0 unspecified atom stereocenters. The molecule has 286 valence electrons. The zero-order valence-corrected chi connectivity index (χ0v) is 32.3. The molecule has 0 aliphatic carbocycles. The van der Waals surface area contributed by atoms with Crippen LogP contribution in [0.3, 0.4) is 0 Å². The fourth-order valence-electron chi connectivity index (χ4n) is 3.36. The smallest absolute Gasteiger partial charge is 0.329 e. The van der Waals surface area contributed by atoms with Crippen LogP contribution in [0.25, 0.3) is 0 Å². The molecule has 0 spiro atoms. The largest absolute Gasteiger partial charge is 0.481 e. The van der Waals surface area contributed by atoms with Gasteiger partial charge in [0.25, 0.3) is 5.97 Å². The minimum atomic E-state index is -0.991. The summed E-state index contributed by atoms with van der Waals surface area (Å²) in [5.74, 6) is -3.09.